The van der Waals surface area contributed by atoms with Gasteiger partial charge in [0.15, 0.2) is 0 Å². The number of aryl methyl sites for hydroxylation is 2. The smallest absolute Gasteiger partial charge is 0.271 e. The fraction of sp³-hybridized carbons (Fsp3) is 0.200. The number of H-pyrrole nitrogens is 1. The summed E-state index contributed by atoms with van der Waals surface area (Å²) in [5, 5.41) is 2.61. The number of amides is 1. The fourth-order valence-corrected chi connectivity index (χ4v) is 1.86. The van der Waals surface area contributed by atoms with Gasteiger partial charge in [0.05, 0.1) is 0 Å². The lowest BCUT2D eigenvalue weighted by Crippen LogP contribution is -2.19. The van der Waals surface area contributed by atoms with Crippen molar-refractivity contribution in [2.24, 2.45) is 0 Å². The predicted molar refractivity (Wildman–Crippen MR) is 75.2 cm³/mol. The Balaban J connectivity index is 1.92. The van der Waals surface area contributed by atoms with Gasteiger partial charge in [0, 0.05) is 12.6 Å². The van der Waals surface area contributed by atoms with E-state index in [0.29, 0.717) is 12.8 Å². The largest absolute Gasteiger partial charge is 0.327 e. The maximum atomic E-state index is 11.8. The molecule has 2 rings (SSSR count). The van der Waals surface area contributed by atoms with Gasteiger partial charge in [-0.05, 0) is 31.0 Å². The summed E-state index contributed by atoms with van der Waals surface area (Å²) in [6.45, 7) is 2.02. The van der Waals surface area contributed by atoms with Crippen LogP contribution in [-0.2, 0) is 11.2 Å². The molecule has 98 valence electrons. The van der Waals surface area contributed by atoms with E-state index in [0.717, 1.165) is 5.56 Å². The minimum atomic E-state index is -0.286. The number of rotatable bonds is 4. The number of hydrogen-bond donors (Lipinski definition) is 2. The van der Waals surface area contributed by atoms with Gasteiger partial charge in [-0.2, -0.15) is 0 Å². The van der Waals surface area contributed by atoms with Crippen molar-refractivity contribution in [1.29, 1.82) is 0 Å². The molecule has 2 aromatic rings. The zero-order valence-electron chi connectivity index (χ0n) is 10.8. The minimum Gasteiger partial charge on any atom is -0.327 e. The number of benzene rings is 1. The highest BCUT2D eigenvalue weighted by molar-refractivity contribution is 5.90. The van der Waals surface area contributed by atoms with Crippen LogP contribution in [0.3, 0.4) is 0 Å². The van der Waals surface area contributed by atoms with Crippen LogP contribution in [0.25, 0.3) is 0 Å². The van der Waals surface area contributed by atoms with Crippen LogP contribution in [-0.4, -0.2) is 10.9 Å². The van der Waals surface area contributed by atoms with Gasteiger partial charge < -0.3 is 10.3 Å². The summed E-state index contributed by atoms with van der Waals surface area (Å²) >= 11 is 0. The third kappa shape index (κ3) is 3.81. The second-order valence-corrected chi connectivity index (χ2v) is 4.45. The Kier molecular flexibility index (Phi) is 4.13. The second-order valence-electron chi connectivity index (χ2n) is 4.45. The first-order valence-electron chi connectivity index (χ1n) is 6.18. The van der Waals surface area contributed by atoms with Crippen LogP contribution in [0.5, 0.6) is 0 Å². The Bertz CT molecular complexity index is 632. The third-order valence-electron chi connectivity index (χ3n) is 2.82. The predicted octanol–water partition coefficient (Wildman–Crippen LogP) is 2.25. The Labute approximate surface area is 111 Å². The molecule has 1 aromatic carbocycles. The average molecular weight is 256 g/mol. The van der Waals surface area contributed by atoms with Gasteiger partial charge in [0.1, 0.15) is 5.69 Å². The van der Waals surface area contributed by atoms with E-state index in [4.69, 9.17) is 0 Å². The molecule has 0 spiro atoms. The van der Waals surface area contributed by atoms with Crippen LogP contribution >= 0.6 is 0 Å². The number of anilines is 1. The molecule has 1 aromatic heterocycles. The normalized spacial score (nSPS) is 10.2. The van der Waals surface area contributed by atoms with Crippen LogP contribution in [0.2, 0.25) is 0 Å². The lowest BCUT2D eigenvalue weighted by atomic mass is 10.1. The molecule has 0 radical (unpaired) electrons. The van der Waals surface area contributed by atoms with Gasteiger partial charge >= 0.3 is 0 Å². The summed E-state index contributed by atoms with van der Waals surface area (Å²) in [6.07, 6.45) is 2.56. The highest BCUT2D eigenvalue weighted by Gasteiger charge is 2.05. The summed E-state index contributed by atoms with van der Waals surface area (Å²) in [5.41, 5.74) is 2.30. The van der Waals surface area contributed by atoms with Crippen molar-refractivity contribution in [3.05, 3.63) is 64.1 Å². The summed E-state index contributed by atoms with van der Waals surface area (Å²) in [6, 6.07) is 11.3. The van der Waals surface area contributed by atoms with Crippen LogP contribution in [0.15, 0.2) is 47.4 Å². The van der Waals surface area contributed by atoms with Crippen molar-refractivity contribution >= 4 is 11.6 Å². The number of aromatic nitrogens is 1. The first kappa shape index (κ1) is 13.1. The van der Waals surface area contributed by atoms with E-state index in [-0.39, 0.29) is 17.2 Å². The monoisotopic (exact) mass is 256 g/mol. The van der Waals surface area contributed by atoms with E-state index < -0.39 is 0 Å². The summed E-state index contributed by atoms with van der Waals surface area (Å²) in [5.74, 6) is -0.154. The quantitative estimate of drug-likeness (QED) is 0.881. The van der Waals surface area contributed by atoms with Crippen molar-refractivity contribution in [3.63, 3.8) is 0 Å². The molecule has 19 heavy (non-hydrogen) atoms. The Morgan fingerprint density at radius 3 is 2.84 bits per heavy atom. The second kappa shape index (κ2) is 6.00. The number of hydrogen-bond acceptors (Lipinski definition) is 2. The van der Waals surface area contributed by atoms with E-state index in [2.05, 4.69) is 16.4 Å². The molecule has 4 heteroatoms. The highest BCUT2D eigenvalue weighted by atomic mass is 16.2. The number of carbonyl (C=O) groups excluding carboxylic acids is 1. The molecule has 0 aliphatic heterocycles. The zero-order chi connectivity index (χ0) is 13.7. The van der Waals surface area contributed by atoms with Crippen LogP contribution in [0.1, 0.15) is 17.5 Å². The van der Waals surface area contributed by atoms with Gasteiger partial charge in [-0.25, -0.2) is 0 Å². The average Bonchev–Trinajstić information content (AvgIpc) is 2.39. The molecule has 0 saturated heterocycles. The summed E-state index contributed by atoms with van der Waals surface area (Å²) in [4.78, 5) is 25.7. The van der Waals surface area contributed by atoms with E-state index >= 15 is 0 Å². The molecule has 0 atom stereocenters. The zero-order valence-corrected chi connectivity index (χ0v) is 10.8. The van der Waals surface area contributed by atoms with E-state index in [9.17, 15) is 9.59 Å². The maximum Gasteiger partial charge on any atom is 0.271 e. The van der Waals surface area contributed by atoms with E-state index in [1.165, 1.54) is 11.8 Å². The molecule has 4 nitrogen and oxygen atoms in total. The van der Waals surface area contributed by atoms with Crippen LogP contribution in [0.4, 0.5) is 5.69 Å². The SMILES string of the molecule is Cc1cccc(CCC(=O)Nc2ccc[nH]c2=O)c1. The van der Waals surface area contributed by atoms with Crippen molar-refractivity contribution < 1.29 is 4.79 Å². The molecular weight excluding hydrogens is 240 g/mol. The molecule has 1 amide bonds. The van der Waals surface area contributed by atoms with Crippen molar-refractivity contribution in [3.8, 4) is 0 Å². The van der Waals surface area contributed by atoms with Crippen LogP contribution < -0.4 is 10.9 Å². The number of pyridine rings is 1. The van der Waals surface area contributed by atoms with Gasteiger partial charge in [-0.3, -0.25) is 9.59 Å². The lowest BCUT2D eigenvalue weighted by molar-refractivity contribution is -0.116. The van der Waals surface area contributed by atoms with Gasteiger partial charge in [0.25, 0.3) is 5.56 Å². The molecule has 1 heterocycles. The maximum absolute atomic E-state index is 11.8. The standard InChI is InChI=1S/C15H16N2O2/c1-11-4-2-5-12(10-11)7-8-14(18)17-13-6-3-9-16-15(13)19/h2-6,9-10H,7-8H2,1H3,(H,16,19)(H,17,18). The van der Waals surface area contributed by atoms with Crippen molar-refractivity contribution in [2.75, 3.05) is 5.32 Å². The number of aromatic amines is 1. The lowest BCUT2D eigenvalue weighted by Gasteiger charge is -2.04. The van der Waals surface area contributed by atoms with E-state index in [1.807, 2.05) is 25.1 Å². The summed E-state index contributed by atoms with van der Waals surface area (Å²) < 4.78 is 0. The van der Waals surface area contributed by atoms with Crippen LogP contribution in [0, 0.1) is 6.92 Å². The fourth-order valence-electron chi connectivity index (χ4n) is 1.86. The topological polar surface area (TPSA) is 62.0 Å². The van der Waals surface area contributed by atoms with Crippen molar-refractivity contribution in [2.45, 2.75) is 19.8 Å². The Hall–Kier alpha value is -2.36. The molecule has 0 fully saturated rings. The molecule has 0 unspecified atom stereocenters. The molecule has 0 saturated carbocycles. The number of nitrogens with one attached hydrogen (secondary N) is 2. The van der Waals surface area contributed by atoms with E-state index in [1.54, 1.807) is 12.1 Å². The van der Waals surface area contributed by atoms with Gasteiger partial charge in [-0.15, -0.1) is 0 Å². The van der Waals surface area contributed by atoms with Gasteiger partial charge in [0.2, 0.25) is 5.91 Å². The summed E-state index contributed by atoms with van der Waals surface area (Å²) in [7, 11) is 0. The molecular formula is C15H16N2O2. The highest BCUT2D eigenvalue weighted by Crippen LogP contribution is 2.07. The van der Waals surface area contributed by atoms with Gasteiger partial charge in [-0.1, -0.05) is 29.8 Å². The first-order valence-corrected chi connectivity index (χ1v) is 6.18. The molecule has 0 aliphatic carbocycles. The minimum absolute atomic E-state index is 0.154. The number of carbonyl (C=O) groups is 1. The third-order valence-corrected chi connectivity index (χ3v) is 2.82. The Morgan fingerprint density at radius 2 is 2.11 bits per heavy atom. The first-order chi connectivity index (χ1) is 9.15. The molecule has 0 aliphatic rings. The van der Waals surface area contributed by atoms with Crippen molar-refractivity contribution in [1.82, 2.24) is 4.98 Å². The Morgan fingerprint density at radius 1 is 1.26 bits per heavy atom. The molecule has 0 bridgehead atoms. The molecule has 2 N–H and O–H groups in total.